The van der Waals surface area contributed by atoms with E-state index in [-0.39, 0.29) is 0 Å². The van der Waals surface area contributed by atoms with Crippen LogP contribution in [0.4, 0.5) is 0 Å². The lowest BCUT2D eigenvalue weighted by Gasteiger charge is -2.38. The average molecular weight is 284 g/mol. The van der Waals surface area contributed by atoms with Gasteiger partial charge in [0.25, 0.3) is 0 Å². The number of methoxy groups -OCH3 is 1. The smallest absolute Gasteiger partial charge is 0.0589 e. The molecule has 0 aromatic heterocycles. The van der Waals surface area contributed by atoms with Crippen LogP contribution >= 0.6 is 0 Å². The van der Waals surface area contributed by atoms with Gasteiger partial charge in [0.05, 0.1) is 6.61 Å². The zero-order chi connectivity index (χ0) is 15.2. The second kappa shape index (κ2) is 8.35. The van der Waals surface area contributed by atoms with Crippen LogP contribution in [0, 0.1) is 11.3 Å². The van der Waals surface area contributed by atoms with Gasteiger partial charge in [-0.25, -0.2) is 0 Å². The number of rotatable bonds is 10. The van der Waals surface area contributed by atoms with Crippen LogP contribution in [0.2, 0.25) is 0 Å². The molecule has 3 nitrogen and oxygen atoms in total. The topological polar surface area (TPSA) is 24.5 Å². The Morgan fingerprint density at radius 3 is 2.40 bits per heavy atom. The van der Waals surface area contributed by atoms with E-state index in [1.807, 2.05) is 0 Å². The first kappa shape index (κ1) is 17.9. The minimum absolute atomic E-state index is 0.295. The van der Waals surface area contributed by atoms with E-state index in [1.54, 1.807) is 7.11 Å². The first-order valence-corrected chi connectivity index (χ1v) is 8.36. The molecule has 2 unspecified atom stereocenters. The summed E-state index contributed by atoms with van der Waals surface area (Å²) in [5.41, 5.74) is 0.295. The predicted octanol–water partition coefficient (Wildman–Crippen LogP) is 3.15. The minimum atomic E-state index is 0.295. The third-order valence-electron chi connectivity index (χ3n) is 4.57. The van der Waals surface area contributed by atoms with Crippen molar-refractivity contribution in [1.29, 1.82) is 0 Å². The molecule has 120 valence electrons. The molecule has 3 heteroatoms. The fourth-order valence-electron chi connectivity index (χ4n) is 2.74. The fraction of sp³-hybridized carbons (Fsp3) is 1.00. The van der Waals surface area contributed by atoms with Gasteiger partial charge in [-0.15, -0.1) is 0 Å². The lowest BCUT2D eigenvalue weighted by atomic mass is 9.86. The summed E-state index contributed by atoms with van der Waals surface area (Å²) in [6, 6.07) is 1.24. The molecule has 1 saturated carbocycles. The van der Waals surface area contributed by atoms with Crippen LogP contribution in [-0.4, -0.2) is 50.3 Å². The Bertz CT molecular complexity index is 258. The highest BCUT2D eigenvalue weighted by Gasteiger charge is 2.34. The van der Waals surface area contributed by atoms with Crippen LogP contribution < -0.4 is 5.32 Å². The summed E-state index contributed by atoms with van der Waals surface area (Å²) in [4.78, 5) is 2.64. The second-order valence-electron chi connectivity index (χ2n) is 7.44. The van der Waals surface area contributed by atoms with Crippen LogP contribution in [0.15, 0.2) is 0 Å². The SMILES string of the molecule is CCCNC(CN(CCOC)C(C)C1CC1)C(C)(C)C. The van der Waals surface area contributed by atoms with Crippen molar-refractivity contribution in [1.82, 2.24) is 10.2 Å². The summed E-state index contributed by atoms with van der Waals surface area (Å²) < 4.78 is 5.31. The molecule has 1 N–H and O–H groups in total. The van der Waals surface area contributed by atoms with Gasteiger partial charge in [0.2, 0.25) is 0 Å². The second-order valence-corrected chi connectivity index (χ2v) is 7.44. The third kappa shape index (κ3) is 6.11. The highest BCUT2D eigenvalue weighted by molar-refractivity contribution is 4.90. The van der Waals surface area contributed by atoms with E-state index in [9.17, 15) is 0 Å². The molecule has 0 heterocycles. The Balaban J connectivity index is 2.61. The van der Waals surface area contributed by atoms with Gasteiger partial charge >= 0.3 is 0 Å². The number of hydrogen-bond acceptors (Lipinski definition) is 3. The zero-order valence-electron chi connectivity index (χ0n) is 14.5. The Morgan fingerprint density at radius 1 is 1.30 bits per heavy atom. The summed E-state index contributed by atoms with van der Waals surface area (Å²) in [5, 5.41) is 3.75. The summed E-state index contributed by atoms with van der Waals surface area (Å²) in [5.74, 6) is 0.915. The molecule has 2 atom stereocenters. The molecular formula is C17H36N2O. The molecule has 0 radical (unpaired) electrons. The molecule has 0 saturated heterocycles. The van der Waals surface area contributed by atoms with Gasteiger partial charge in [0.15, 0.2) is 0 Å². The van der Waals surface area contributed by atoms with E-state index in [1.165, 1.54) is 19.3 Å². The predicted molar refractivity (Wildman–Crippen MR) is 87.2 cm³/mol. The Morgan fingerprint density at radius 2 is 1.95 bits per heavy atom. The third-order valence-corrected chi connectivity index (χ3v) is 4.57. The van der Waals surface area contributed by atoms with Crippen molar-refractivity contribution in [2.24, 2.45) is 11.3 Å². The molecule has 1 fully saturated rings. The summed E-state index contributed by atoms with van der Waals surface area (Å²) >= 11 is 0. The molecular weight excluding hydrogens is 248 g/mol. The molecule has 0 aromatic rings. The molecule has 0 amide bonds. The summed E-state index contributed by atoms with van der Waals surface area (Å²) in [6.07, 6.45) is 4.02. The standard InChI is InChI=1S/C17H36N2O/c1-7-10-18-16(17(3,4)5)13-19(11-12-20-6)14(2)15-8-9-15/h14-16,18H,7-13H2,1-6H3. The van der Waals surface area contributed by atoms with E-state index >= 15 is 0 Å². The van der Waals surface area contributed by atoms with E-state index in [0.717, 1.165) is 32.2 Å². The highest BCUT2D eigenvalue weighted by Crippen LogP contribution is 2.35. The average Bonchev–Trinajstić information content (AvgIpc) is 3.20. The van der Waals surface area contributed by atoms with E-state index in [2.05, 4.69) is 44.8 Å². The Kier molecular flexibility index (Phi) is 7.49. The normalized spacial score (nSPS) is 19.4. The number of nitrogens with one attached hydrogen (secondary N) is 1. The lowest BCUT2D eigenvalue weighted by Crippen LogP contribution is -2.52. The van der Waals surface area contributed by atoms with Crippen LogP contribution in [0.25, 0.3) is 0 Å². The first-order valence-electron chi connectivity index (χ1n) is 8.36. The number of hydrogen-bond donors (Lipinski definition) is 1. The number of ether oxygens (including phenoxy) is 1. The van der Waals surface area contributed by atoms with E-state index in [4.69, 9.17) is 4.74 Å². The van der Waals surface area contributed by atoms with Crippen LogP contribution in [-0.2, 0) is 4.74 Å². The lowest BCUT2D eigenvalue weighted by molar-refractivity contribution is 0.0897. The van der Waals surface area contributed by atoms with Crippen LogP contribution in [0.1, 0.15) is 53.9 Å². The summed E-state index contributed by atoms with van der Waals surface area (Å²) in [7, 11) is 1.80. The van der Waals surface area contributed by atoms with Crippen molar-refractivity contribution in [3.63, 3.8) is 0 Å². The first-order chi connectivity index (χ1) is 9.40. The maximum atomic E-state index is 5.31. The number of nitrogens with zero attached hydrogens (tertiary/aromatic N) is 1. The molecule has 1 rings (SSSR count). The largest absolute Gasteiger partial charge is 0.383 e. The van der Waals surface area contributed by atoms with Gasteiger partial charge in [-0.3, -0.25) is 4.90 Å². The highest BCUT2D eigenvalue weighted by atomic mass is 16.5. The van der Waals surface area contributed by atoms with Gasteiger partial charge in [-0.2, -0.15) is 0 Å². The molecule has 1 aliphatic rings. The molecule has 0 spiro atoms. The van der Waals surface area contributed by atoms with E-state index < -0.39 is 0 Å². The monoisotopic (exact) mass is 284 g/mol. The van der Waals surface area contributed by atoms with Crippen molar-refractivity contribution in [2.75, 3.05) is 33.4 Å². The minimum Gasteiger partial charge on any atom is -0.383 e. The van der Waals surface area contributed by atoms with Crippen molar-refractivity contribution >= 4 is 0 Å². The van der Waals surface area contributed by atoms with Gasteiger partial charge in [0.1, 0.15) is 0 Å². The van der Waals surface area contributed by atoms with Crippen molar-refractivity contribution in [3.8, 4) is 0 Å². The molecule has 0 aliphatic heterocycles. The van der Waals surface area contributed by atoms with Crippen molar-refractivity contribution in [3.05, 3.63) is 0 Å². The van der Waals surface area contributed by atoms with Gasteiger partial charge in [-0.05, 0) is 44.1 Å². The Hall–Kier alpha value is -0.120. The Labute approximate surface area is 126 Å². The van der Waals surface area contributed by atoms with Gasteiger partial charge in [0, 0.05) is 32.3 Å². The summed E-state index contributed by atoms with van der Waals surface area (Å²) in [6.45, 7) is 15.8. The fourth-order valence-corrected chi connectivity index (χ4v) is 2.74. The zero-order valence-corrected chi connectivity index (χ0v) is 14.5. The van der Waals surface area contributed by atoms with Crippen LogP contribution in [0.5, 0.6) is 0 Å². The van der Waals surface area contributed by atoms with Crippen LogP contribution in [0.3, 0.4) is 0 Å². The molecule has 20 heavy (non-hydrogen) atoms. The van der Waals surface area contributed by atoms with Gasteiger partial charge in [-0.1, -0.05) is 27.7 Å². The van der Waals surface area contributed by atoms with E-state index in [0.29, 0.717) is 17.5 Å². The molecule has 1 aliphatic carbocycles. The quantitative estimate of drug-likeness (QED) is 0.667. The maximum absolute atomic E-state index is 5.31. The molecule has 0 aromatic carbocycles. The van der Waals surface area contributed by atoms with Crippen molar-refractivity contribution in [2.45, 2.75) is 66.0 Å². The van der Waals surface area contributed by atoms with Gasteiger partial charge < -0.3 is 10.1 Å². The maximum Gasteiger partial charge on any atom is 0.0589 e. The molecule has 0 bridgehead atoms. The van der Waals surface area contributed by atoms with Crippen molar-refractivity contribution < 1.29 is 4.74 Å².